The molecule has 0 spiro atoms. The van der Waals surface area contributed by atoms with E-state index in [2.05, 4.69) is 36.2 Å². The largest absolute Gasteiger partial charge is 0.380 e. The Hall–Kier alpha value is -2.04. The molecule has 1 aromatic rings. The standard InChI is InChI=1S/C17H22N4/c1-13(2)12-21-8-6-16(7-9-21)20-17-14(10-18)4-3-5-15(17)11-19/h3-5,13,16,20H,6-9,12H2,1-2H3. The summed E-state index contributed by atoms with van der Waals surface area (Å²) in [5, 5.41) is 21.8. The van der Waals surface area contributed by atoms with E-state index >= 15 is 0 Å². The zero-order valence-corrected chi connectivity index (χ0v) is 12.8. The second kappa shape index (κ2) is 7.11. The number of hydrogen-bond acceptors (Lipinski definition) is 4. The van der Waals surface area contributed by atoms with Crippen molar-refractivity contribution in [2.45, 2.75) is 32.7 Å². The molecule has 1 saturated heterocycles. The molecule has 0 atom stereocenters. The Balaban J connectivity index is 2.01. The molecular formula is C17H22N4. The topological polar surface area (TPSA) is 62.9 Å². The van der Waals surface area contributed by atoms with Crippen molar-refractivity contribution in [1.29, 1.82) is 10.5 Å². The van der Waals surface area contributed by atoms with Gasteiger partial charge in [-0.3, -0.25) is 0 Å². The number of rotatable bonds is 4. The summed E-state index contributed by atoms with van der Waals surface area (Å²) in [6.45, 7) is 7.78. The summed E-state index contributed by atoms with van der Waals surface area (Å²) < 4.78 is 0. The van der Waals surface area contributed by atoms with Gasteiger partial charge >= 0.3 is 0 Å². The summed E-state index contributed by atoms with van der Waals surface area (Å²) in [5.41, 5.74) is 1.81. The Morgan fingerprint density at radius 2 is 1.76 bits per heavy atom. The molecular weight excluding hydrogens is 260 g/mol. The monoisotopic (exact) mass is 282 g/mol. The highest BCUT2D eigenvalue weighted by Crippen LogP contribution is 2.24. The summed E-state index contributed by atoms with van der Waals surface area (Å²) in [6, 6.07) is 9.96. The molecule has 0 bridgehead atoms. The number of anilines is 1. The van der Waals surface area contributed by atoms with Gasteiger partial charge in [-0.2, -0.15) is 10.5 Å². The van der Waals surface area contributed by atoms with Gasteiger partial charge in [0.25, 0.3) is 0 Å². The molecule has 0 aromatic heterocycles. The van der Waals surface area contributed by atoms with Crippen LogP contribution in [0.3, 0.4) is 0 Å². The maximum Gasteiger partial charge on any atom is 0.101 e. The van der Waals surface area contributed by atoms with E-state index in [1.54, 1.807) is 18.2 Å². The molecule has 4 heteroatoms. The van der Waals surface area contributed by atoms with Crippen LogP contribution >= 0.6 is 0 Å². The molecule has 1 N–H and O–H groups in total. The fourth-order valence-electron chi connectivity index (χ4n) is 2.87. The summed E-state index contributed by atoms with van der Waals surface area (Å²) in [5.74, 6) is 0.694. The highest BCUT2D eigenvalue weighted by molar-refractivity contribution is 5.66. The van der Waals surface area contributed by atoms with Crippen LogP contribution in [0.2, 0.25) is 0 Å². The van der Waals surface area contributed by atoms with Gasteiger partial charge in [-0.1, -0.05) is 19.9 Å². The van der Waals surface area contributed by atoms with Crippen LogP contribution in [0, 0.1) is 28.6 Å². The number of para-hydroxylation sites is 1. The van der Waals surface area contributed by atoms with Crippen molar-refractivity contribution in [2.24, 2.45) is 5.92 Å². The van der Waals surface area contributed by atoms with E-state index in [9.17, 15) is 10.5 Å². The van der Waals surface area contributed by atoms with Crippen LogP contribution in [0.15, 0.2) is 18.2 Å². The number of hydrogen-bond donors (Lipinski definition) is 1. The number of nitrogens with zero attached hydrogens (tertiary/aromatic N) is 3. The van der Waals surface area contributed by atoms with Gasteiger partial charge in [-0.15, -0.1) is 0 Å². The number of nitrogens with one attached hydrogen (secondary N) is 1. The molecule has 21 heavy (non-hydrogen) atoms. The summed E-state index contributed by atoms with van der Waals surface area (Å²) in [6.07, 6.45) is 2.11. The van der Waals surface area contributed by atoms with Gasteiger partial charge in [-0.25, -0.2) is 0 Å². The second-order valence-corrected chi connectivity index (χ2v) is 6.06. The van der Waals surface area contributed by atoms with Crippen LogP contribution in [0.25, 0.3) is 0 Å². The van der Waals surface area contributed by atoms with E-state index in [1.165, 1.54) is 0 Å². The predicted octanol–water partition coefficient (Wildman–Crippen LogP) is 2.96. The van der Waals surface area contributed by atoms with Crippen molar-refractivity contribution >= 4 is 5.69 Å². The third-order valence-electron chi connectivity index (χ3n) is 3.86. The second-order valence-electron chi connectivity index (χ2n) is 6.06. The maximum atomic E-state index is 9.20. The Morgan fingerprint density at radius 3 is 2.24 bits per heavy atom. The van der Waals surface area contributed by atoms with Gasteiger partial charge in [0.2, 0.25) is 0 Å². The molecule has 0 radical (unpaired) electrons. The van der Waals surface area contributed by atoms with Gasteiger partial charge < -0.3 is 10.2 Å². The first kappa shape index (κ1) is 15.4. The zero-order valence-electron chi connectivity index (χ0n) is 12.8. The number of piperidine rings is 1. The normalized spacial score (nSPS) is 16.4. The minimum atomic E-state index is 0.343. The lowest BCUT2D eigenvalue weighted by Crippen LogP contribution is -2.40. The highest BCUT2D eigenvalue weighted by Gasteiger charge is 2.21. The fraction of sp³-hybridized carbons (Fsp3) is 0.529. The molecule has 1 aromatic carbocycles. The molecule has 0 aliphatic carbocycles. The van der Waals surface area contributed by atoms with Crippen LogP contribution in [-0.2, 0) is 0 Å². The summed E-state index contributed by atoms with van der Waals surface area (Å²) in [4.78, 5) is 2.49. The van der Waals surface area contributed by atoms with Crippen molar-refractivity contribution in [3.63, 3.8) is 0 Å². The highest BCUT2D eigenvalue weighted by atomic mass is 15.1. The van der Waals surface area contributed by atoms with Gasteiger partial charge in [-0.05, 0) is 30.9 Å². The first-order valence-electron chi connectivity index (χ1n) is 7.56. The van der Waals surface area contributed by atoms with Crippen LogP contribution < -0.4 is 5.32 Å². The van der Waals surface area contributed by atoms with E-state index in [0.29, 0.717) is 28.8 Å². The molecule has 1 heterocycles. The first-order valence-corrected chi connectivity index (χ1v) is 7.56. The van der Waals surface area contributed by atoms with Gasteiger partial charge in [0.15, 0.2) is 0 Å². The van der Waals surface area contributed by atoms with Crippen LogP contribution in [0.5, 0.6) is 0 Å². The predicted molar refractivity (Wildman–Crippen MR) is 83.8 cm³/mol. The van der Waals surface area contributed by atoms with E-state index < -0.39 is 0 Å². The lowest BCUT2D eigenvalue weighted by Gasteiger charge is -2.34. The Morgan fingerprint density at radius 1 is 1.19 bits per heavy atom. The molecule has 1 aliphatic heterocycles. The van der Waals surface area contributed by atoms with Gasteiger partial charge in [0.05, 0.1) is 16.8 Å². The maximum absolute atomic E-state index is 9.20. The van der Waals surface area contributed by atoms with Crippen molar-refractivity contribution in [1.82, 2.24) is 4.90 Å². The number of nitriles is 2. The minimum Gasteiger partial charge on any atom is -0.380 e. The summed E-state index contributed by atoms with van der Waals surface area (Å²) >= 11 is 0. The quantitative estimate of drug-likeness (QED) is 0.922. The van der Waals surface area contributed by atoms with Crippen molar-refractivity contribution < 1.29 is 0 Å². The zero-order chi connectivity index (χ0) is 15.2. The van der Waals surface area contributed by atoms with Crippen LogP contribution in [-0.4, -0.2) is 30.6 Å². The third-order valence-corrected chi connectivity index (χ3v) is 3.86. The van der Waals surface area contributed by atoms with E-state index in [4.69, 9.17) is 0 Å². The van der Waals surface area contributed by atoms with Gasteiger partial charge in [0, 0.05) is 25.7 Å². The van der Waals surface area contributed by atoms with Crippen molar-refractivity contribution in [3.8, 4) is 12.1 Å². The first-order chi connectivity index (χ1) is 10.1. The Labute approximate surface area is 127 Å². The molecule has 1 aliphatic rings. The smallest absolute Gasteiger partial charge is 0.101 e. The number of likely N-dealkylation sites (tertiary alicyclic amines) is 1. The van der Waals surface area contributed by atoms with Gasteiger partial charge in [0.1, 0.15) is 12.1 Å². The molecule has 1 fully saturated rings. The van der Waals surface area contributed by atoms with Crippen LogP contribution in [0.1, 0.15) is 37.8 Å². The van der Waals surface area contributed by atoms with Crippen LogP contribution in [0.4, 0.5) is 5.69 Å². The lowest BCUT2D eigenvalue weighted by molar-refractivity contribution is 0.198. The summed E-state index contributed by atoms with van der Waals surface area (Å²) in [7, 11) is 0. The molecule has 110 valence electrons. The van der Waals surface area contributed by atoms with E-state index in [-0.39, 0.29) is 0 Å². The van der Waals surface area contributed by atoms with Crippen molar-refractivity contribution in [2.75, 3.05) is 25.0 Å². The third kappa shape index (κ3) is 3.97. The average molecular weight is 282 g/mol. The van der Waals surface area contributed by atoms with E-state index in [0.717, 1.165) is 32.5 Å². The molecule has 2 rings (SSSR count). The van der Waals surface area contributed by atoms with E-state index in [1.807, 2.05) is 0 Å². The lowest BCUT2D eigenvalue weighted by atomic mass is 10.0. The minimum absolute atomic E-state index is 0.343. The fourth-order valence-corrected chi connectivity index (χ4v) is 2.87. The SMILES string of the molecule is CC(C)CN1CCC(Nc2c(C#N)cccc2C#N)CC1. The molecule has 0 amide bonds. The number of benzene rings is 1. The molecule has 4 nitrogen and oxygen atoms in total. The Kier molecular flexibility index (Phi) is 5.20. The van der Waals surface area contributed by atoms with Crippen molar-refractivity contribution in [3.05, 3.63) is 29.3 Å². The molecule has 0 unspecified atom stereocenters. The average Bonchev–Trinajstić information content (AvgIpc) is 2.49. The molecule has 0 saturated carbocycles. The Bertz CT molecular complexity index is 525.